The lowest BCUT2D eigenvalue weighted by molar-refractivity contribution is 0.0937. The fourth-order valence-corrected chi connectivity index (χ4v) is 5.85. The number of rotatable bonds is 5. The van der Waals surface area contributed by atoms with Gasteiger partial charge in [0.25, 0.3) is 5.91 Å². The molecule has 1 saturated heterocycles. The van der Waals surface area contributed by atoms with Crippen molar-refractivity contribution in [3.63, 3.8) is 0 Å². The number of amides is 1. The molecule has 1 amide bonds. The SMILES string of the molecule is Cl.O=C(NC1CCCC1)c1cccc([C@@H]2C[C@H]2NC2CCS(=O)(=O)CC2)c1. The van der Waals surface area contributed by atoms with Crippen LogP contribution in [0.25, 0.3) is 0 Å². The van der Waals surface area contributed by atoms with Gasteiger partial charge in [-0.3, -0.25) is 4.79 Å². The Morgan fingerprint density at radius 3 is 2.41 bits per heavy atom. The smallest absolute Gasteiger partial charge is 0.251 e. The van der Waals surface area contributed by atoms with E-state index >= 15 is 0 Å². The van der Waals surface area contributed by atoms with Gasteiger partial charge >= 0.3 is 0 Å². The number of sulfone groups is 1. The Morgan fingerprint density at radius 2 is 1.70 bits per heavy atom. The fraction of sp³-hybridized carbons (Fsp3) is 0.650. The molecule has 150 valence electrons. The predicted octanol–water partition coefficient (Wildman–Crippen LogP) is 2.80. The summed E-state index contributed by atoms with van der Waals surface area (Å²) < 4.78 is 23.1. The van der Waals surface area contributed by atoms with Crippen LogP contribution in [-0.2, 0) is 9.84 Å². The van der Waals surface area contributed by atoms with Gasteiger partial charge in [0.2, 0.25) is 0 Å². The quantitative estimate of drug-likeness (QED) is 0.779. The first-order valence-corrected chi connectivity index (χ1v) is 11.7. The monoisotopic (exact) mass is 412 g/mol. The second kappa shape index (κ2) is 8.50. The molecule has 1 heterocycles. The van der Waals surface area contributed by atoms with E-state index in [1.165, 1.54) is 18.4 Å². The van der Waals surface area contributed by atoms with Crippen LogP contribution in [-0.4, -0.2) is 44.0 Å². The van der Waals surface area contributed by atoms with Gasteiger partial charge in [0.1, 0.15) is 9.84 Å². The van der Waals surface area contributed by atoms with Crippen molar-refractivity contribution < 1.29 is 13.2 Å². The minimum Gasteiger partial charge on any atom is -0.349 e. The summed E-state index contributed by atoms with van der Waals surface area (Å²) in [5.74, 6) is 1.09. The molecule has 0 bridgehead atoms. The van der Waals surface area contributed by atoms with E-state index < -0.39 is 9.84 Å². The minimum atomic E-state index is -2.81. The number of hydrogen-bond donors (Lipinski definition) is 2. The second-order valence-electron chi connectivity index (χ2n) is 8.12. The molecular weight excluding hydrogens is 384 g/mol. The lowest BCUT2D eigenvalue weighted by atomic mass is 10.1. The molecule has 4 rings (SSSR count). The Kier molecular flexibility index (Phi) is 6.49. The van der Waals surface area contributed by atoms with Crippen LogP contribution in [0.4, 0.5) is 0 Å². The van der Waals surface area contributed by atoms with E-state index in [2.05, 4.69) is 16.7 Å². The van der Waals surface area contributed by atoms with Crippen LogP contribution in [0.3, 0.4) is 0 Å². The third-order valence-electron chi connectivity index (χ3n) is 6.06. The van der Waals surface area contributed by atoms with Crippen molar-refractivity contribution in [2.24, 2.45) is 0 Å². The molecule has 3 fully saturated rings. The van der Waals surface area contributed by atoms with Gasteiger partial charge in [-0.15, -0.1) is 12.4 Å². The van der Waals surface area contributed by atoms with E-state index in [1.807, 2.05) is 18.2 Å². The molecule has 0 spiro atoms. The minimum absolute atomic E-state index is 0. The van der Waals surface area contributed by atoms with Crippen LogP contribution >= 0.6 is 12.4 Å². The highest BCUT2D eigenvalue weighted by Crippen LogP contribution is 2.41. The lowest BCUT2D eigenvalue weighted by Gasteiger charge is -2.23. The van der Waals surface area contributed by atoms with Crippen molar-refractivity contribution in [1.82, 2.24) is 10.6 Å². The van der Waals surface area contributed by atoms with Crippen molar-refractivity contribution in [1.29, 1.82) is 0 Å². The molecule has 2 aliphatic carbocycles. The number of halogens is 1. The van der Waals surface area contributed by atoms with Crippen molar-refractivity contribution in [2.75, 3.05) is 11.5 Å². The molecule has 2 atom stereocenters. The first-order valence-electron chi connectivity index (χ1n) is 9.87. The highest BCUT2D eigenvalue weighted by molar-refractivity contribution is 7.91. The average molecular weight is 413 g/mol. The third kappa shape index (κ3) is 5.24. The largest absolute Gasteiger partial charge is 0.349 e. The van der Waals surface area contributed by atoms with Crippen molar-refractivity contribution >= 4 is 28.2 Å². The standard InChI is InChI=1S/C20H28N2O3S.ClH/c23-20(22-16-6-1-2-7-16)15-5-3-4-14(12-15)18-13-19(18)21-17-8-10-26(24,25)11-9-17;/h3-5,12,16-19,21H,1-2,6-11,13H2,(H,22,23);1H/t18-,19+;/m0./s1. The molecule has 0 radical (unpaired) electrons. The van der Waals surface area contributed by atoms with E-state index in [1.54, 1.807) is 0 Å². The molecule has 1 aliphatic heterocycles. The molecule has 2 saturated carbocycles. The maximum absolute atomic E-state index is 12.5. The highest BCUT2D eigenvalue weighted by atomic mass is 35.5. The summed E-state index contributed by atoms with van der Waals surface area (Å²) in [4.78, 5) is 12.5. The second-order valence-corrected chi connectivity index (χ2v) is 10.4. The molecule has 0 unspecified atom stereocenters. The molecule has 1 aromatic rings. The molecule has 5 nitrogen and oxygen atoms in total. The zero-order valence-corrected chi connectivity index (χ0v) is 17.2. The molecule has 2 N–H and O–H groups in total. The van der Waals surface area contributed by atoms with Gasteiger partial charge in [0, 0.05) is 29.6 Å². The summed E-state index contributed by atoms with van der Waals surface area (Å²) >= 11 is 0. The number of carbonyl (C=O) groups is 1. The Morgan fingerprint density at radius 1 is 1.00 bits per heavy atom. The Bertz CT molecular complexity index is 763. The average Bonchev–Trinajstić information content (AvgIpc) is 3.20. The van der Waals surface area contributed by atoms with Crippen LogP contribution in [0.5, 0.6) is 0 Å². The summed E-state index contributed by atoms with van der Waals surface area (Å²) in [5.41, 5.74) is 1.97. The Balaban J connectivity index is 0.00000210. The molecule has 0 aromatic heterocycles. The fourth-order valence-electron chi connectivity index (χ4n) is 4.36. The number of benzene rings is 1. The summed E-state index contributed by atoms with van der Waals surface area (Å²) in [7, 11) is -2.81. The van der Waals surface area contributed by atoms with Crippen molar-refractivity contribution in [2.45, 2.75) is 69.0 Å². The third-order valence-corrected chi connectivity index (χ3v) is 7.78. The summed E-state index contributed by atoms with van der Waals surface area (Å²) in [6, 6.07) is 9.05. The molecular formula is C20H29ClN2O3S. The zero-order chi connectivity index (χ0) is 18.1. The maximum atomic E-state index is 12.5. The van der Waals surface area contributed by atoms with E-state index in [-0.39, 0.29) is 18.3 Å². The van der Waals surface area contributed by atoms with Crippen LogP contribution in [0.1, 0.15) is 66.8 Å². The topological polar surface area (TPSA) is 75.3 Å². The van der Waals surface area contributed by atoms with E-state index in [0.717, 1.165) is 37.7 Å². The Hall–Kier alpha value is -1.11. The van der Waals surface area contributed by atoms with Crippen molar-refractivity contribution in [3.05, 3.63) is 35.4 Å². The first kappa shape index (κ1) is 20.6. The number of hydrogen-bond acceptors (Lipinski definition) is 4. The van der Waals surface area contributed by atoms with Gasteiger partial charge in [-0.1, -0.05) is 25.0 Å². The maximum Gasteiger partial charge on any atom is 0.251 e. The Labute approximate surface area is 168 Å². The normalized spacial score (nSPS) is 27.7. The summed E-state index contributed by atoms with van der Waals surface area (Å²) in [6.07, 6.45) is 7.11. The van der Waals surface area contributed by atoms with Gasteiger partial charge in [0.05, 0.1) is 11.5 Å². The van der Waals surface area contributed by atoms with Crippen LogP contribution in [0.15, 0.2) is 24.3 Å². The van der Waals surface area contributed by atoms with Gasteiger partial charge in [-0.25, -0.2) is 8.42 Å². The van der Waals surface area contributed by atoms with Gasteiger partial charge in [-0.05, 0) is 49.8 Å². The predicted molar refractivity (Wildman–Crippen MR) is 109 cm³/mol. The number of nitrogens with one attached hydrogen (secondary N) is 2. The highest BCUT2D eigenvalue weighted by Gasteiger charge is 2.40. The van der Waals surface area contributed by atoms with Crippen molar-refractivity contribution in [3.8, 4) is 0 Å². The van der Waals surface area contributed by atoms with Crippen LogP contribution in [0.2, 0.25) is 0 Å². The van der Waals surface area contributed by atoms with Gasteiger partial charge < -0.3 is 10.6 Å². The van der Waals surface area contributed by atoms with Gasteiger partial charge in [-0.2, -0.15) is 0 Å². The number of carbonyl (C=O) groups excluding carboxylic acids is 1. The van der Waals surface area contributed by atoms with Gasteiger partial charge in [0.15, 0.2) is 0 Å². The van der Waals surface area contributed by atoms with E-state index in [0.29, 0.717) is 35.5 Å². The lowest BCUT2D eigenvalue weighted by Crippen LogP contribution is -2.39. The molecule has 3 aliphatic rings. The van der Waals surface area contributed by atoms with Crippen LogP contribution in [0, 0.1) is 0 Å². The summed E-state index contributed by atoms with van der Waals surface area (Å²) in [5, 5.41) is 6.78. The zero-order valence-electron chi connectivity index (χ0n) is 15.5. The van der Waals surface area contributed by atoms with E-state index in [9.17, 15) is 13.2 Å². The summed E-state index contributed by atoms with van der Waals surface area (Å²) in [6.45, 7) is 0. The molecule has 1 aromatic carbocycles. The van der Waals surface area contributed by atoms with E-state index in [4.69, 9.17) is 0 Å². The van der Waals surface area contributed by atoms with Crippen LogP contribution < -0.4 is 10.6 Å². The molecule has 7 heteroatoms. The first-order chi connectivity index (χ1) is 12.5. The molecule has 27 heavy (non-hydrogen) atoms.